The summed E-state index contributed by atoms with van der Waals surface area (Å²) in [7, 11) is -1.91. The molecule has 11 heteroatoms. The van der Waals surface area contributed by atoms with E-state index < -0.39 is 39.8 Å². The van der Waals surface area contributed by atoms with Gasteiger partial charge in [0.25, 0.3) is 0 Å². The third-order valence-corrected chi connectivity index (χ3v) is 9.12. The maximum absolute atomic E-state index is 13.4. The molecule has 220 valence electrons. The zero-order chi connectivity index (χ0) is 29.9. The van der Waals surface area contributed by atoms with E-state index in [1.165, 1.54) is 12.1 Å². The van der Waals surface area contributed by atoms with Crippen LogP contribution in [0.25, 0.3) is 6.08 Å². The van der Waals surface area contributed by atoms with Gasteiger partial charge in [0.2, 0.25) is 15.9 Å². The van der Waals surface area contributed by atoms with Crippen molar-refractivity contribution in [3.8, 4) is 0 Å². The normalized spacial score (nSPS) is 17.6. The number of halogens is 1. The van der Waals surface area contributed by atoms with Crippen LogP contribution in [-0.4, -0.2) is 69.6 Å². The number of amides is 1. The van der Waals surface area contributed by atoms with Gasteiger partial charge >= 0.3 is 5.97 Å². The standard InChI is InChI=1S/C31H33FN4O5S/c1-35-15-17-36(18-16-35)29-14-12-25-24(11-13-27(25)34-42(40,41)23-9-7-22(32)8-10-23)26(29)20-30(37)33-28(31(38)39)19-21-5-3-2-4-6-21/h2-14,27-28,34H,15-20H2,1H3,(H,33,37)(H,38,39)/t27?,28-/m1/s1. The van der Waals surface area contributed by atoms with Crippen LogP contribution in [0.3, 0.4) is 0 Å². The monoisotopic (exact) mass is 592 g/mol. The number of carboxylic acids is 1. The number of hydrogen-bond acceptors (Lipinski definition) is 6. The summed E-state index contributed by atoms with van der Waals surface area (Å²) in [5, 5.41) is 12.5. The number of nitrogens with one attached hydrogen (secondary N) is 2. The van der Waals surface area contributed by atoms with Crippen LogP contribution >= 0.6 is 0 Å². The first-order valence-electron chi connectivity index (χ1n) is 13.7. The highest BCUT2D eigenvalue weighted by Gasteiger charge is 2.30. The third kappa shape index (κ3) is 6.70. The molecular weight excluding hydrogens is 559 g/mol. The average Bonchev–Trinajstić information content (AvgIpc) is 3.36. The smallest absolute Gasteiger partial charge is 0.326 e. The molecule has 3 aromatic carbocycles. The molecule has 0 radical (unpaired) electrons. The Labute approximate surface area is 244 Å². The first-order chi connectivity index (χ1) is 20.1. The largest absolute Gasteiger partial charge is 0.480 e. The fourth-order valence-corrected chi connectivity index (χ4v) is 6.54. The molecule has 1 aliphatic heterocycles. The van der Waals surface area contributed by atoms with Gasteiger partial charge in [-0.15, -0.1) is 0 Å². The minimum Gasteiger partial charge on any atom is -0.480 e. The number of aliphatic carboxylic acids is 1. The molecule has 1 saturated heterocycles. The van der Waals surface area contributed by atoms with E-state index in [2.05, 4.69) is 19.8 Å². The van der Waals surface area contributed by atoms with Gasteiger partial charge in [0, 0.05) is 38.3 Å². The maximum atomic E-state index is 13.4. The molecule has 1 unspecified atom stereocenters. The number of carbonyl (C=O) groups excluding carboxylic acids is 1. The van der Waals surface area contributed by atoms with E-state index in [1.807, 2.05) is 49.5 Å². The fraction of sp³-hybridized carbons (Fsp3) is 0.290. The van der Waals surface area contributed by atoms with Crippen molar-refractivity contribution in [2.45, 2.75) is 29.8 Å². The van der Waals surface area contributed by atoms with Gasteiger partial charge in [-0.05, 0) is 59.6 Å². The molecule has 3 N–H and O–H groups in total. The van der Waals surface area contributed by atoms with E-state index >= 15 is 0 Å². The minimum absolute atomic E-state index is 0.0578. The van der Waals surface area contributed by atoms with Crippen molar-refractivity contribution in [1.29, 1.82) is 0 Å². The van der Waals surface area contributed by atoms with Crippen LogP contribution in [-0.2, 0) is 32.5 Å². The number of fused-ring (bicyclic) bond motifs is 1. The van der Waals surface area contributed by atoms with Gasteiger partial charge in [0.1, 0.15) is 11.9 Å². The molecule has 0 spiro atoms. The van der Waals surface area contributed by atoms with Crippen molar-refractivity contribution in [3.05, 3.63) is 101 Å². The number of nitrogens with zero attached hydrogens (tertiary/aromatic N) is 2. The predicted octanol–water partition coefficient (Wildman–Crippen LogP) is 2.98. The van der Waals surface area contributed by atoms with Gasteiger partial charge in [-0.3, -0.25) is 4.79 Å². The Morgan fingerprint density at radius 1 is 1.00 bits per heavy atom. The van der Waals surface area contributed by atoms with Crippen molar-refractivity contribution in [1.82, 2.24) is 14.9 Å². The highest BCUT2D eigenvalue weighted by atomic mass is 32.2. The molecule has 9 nitrogen and oxygen atoms in total. The Morgan fingerprint density at radius 3 is 2.36 bits per heavy atom. The second-order valence-electron chi connectivity index (χ2n) is 10.6. The lowest BCUT2D eigenvalue weighted by molar-refractivity contribution is -0.141. The Morgan fingerprint density at radius 2 is 1.69 bits per heavy atom. The summed E-state index contributed by atoms with van der Waals surface area (Å²) in [4.78, 5) is 29.7. The highest BCUT2D eigenvalue weighted by molar-refractivity contribution is 7.89. The van der Waals surface area contributed by atoms with Crippen molar-refractivity contribution in [3.63, 3.8) is 0 Å². The van der Waals surface area contributed by atoms with Gasteiger partial charge in [-0.2, -0.15) is 4.72 Å². The molecule has 5 rings (SSSR count). The summed E-state index contributed by atoms with van der Waals surface area (Å²) in [6.07, 6.45) is 3.59. The zero-order valence-corrected chi connectivity index (χ0v) is 24.0. The molecule has 0 saturated carbocycles. The van der Waals surface area contributed by atoms with E-state index in [1.54, 1.807) is 12.2 Å². The first kappa shape index (κ1) is 29.4. The SMILES string of the molecule is CN1CCN(c2ccc3c(c2CC(=O)N[C@H](Cc2ccccc2)C(=O)O)C=CC3NS(=O)(=O)c2ccc(F)cc2)CC1. The van der Waals surface area contributed by atoms with Crippen LogP contribution < -0.4 is 14.9 Å². The predicted molar refractivity (Wildman–Crippen MR) is 158 cm³/mol. The number of piperazine rings is 1. The van der Waals surface area contributed by atoms with E-state index in [0.29, 0.717) is 11.1 Å². The van der Waals surface area contributed by atoms with Crippen LogP contribution in [0.4, 0.5) is 10.1 Å². The molecule has 3 aromatic rings. The summed E-state index contributed by atoms with van der Waals surface area (Å²) in [6.45, 7) is 3.19. The average molecular weight is 593 g/mol. The Kier molecular flexibility index (Phi) is 8.72. The van der Waals surface area contributed by atoms with Crippen LogP contribution in [0.15, 0.2) is 77.7 Å². The summed E-state index contributed by atoms with van der Waals surface area (Å²) < 4.78 is 42.1. The molecular formula is C31H33FN4O5S. The Hall–Kier alpha value is -4.06. The highest BCUT2D eigenvalue weighted by Crippen LogP contribution is 2.37. The zero-order valence-electron chi connectivity index (χ0n) is 23.2. The fourth-order valence-electron chi connectivity index (χ4n) is 5.37. The summed E-state index contributed by atoms with van der Waals surface area (Å²) in [6, 6.07) is 15.7. The van der Waals surface area contributed by atoms with Crippen molar-refractivity contribution in [2.24, 2.45) is 0 Å². The Balaban J connectivity index is 1.42. The lowest BCUT2D eigenvalue weighted by atomic mass is 9.96. The number of rotatable bonds is 10. The topological polar surface area (TPSA) is 119 Å². The number of hydrogen-bond donors (Lipinski definition) is 3. The van der Waals surface area contributed by atoms with Crippen LogP contribution in [0.5, 0.6) is 0 Å². The Bertz CT molecular complexity index is 1590. The van der Waals surface area contributed by atoms with Gasteiger partial charge in [-0.25, -0.2) is 17.6 Å². The molecule has 42 heavy (non-hydrogen) atoms. The molecule has 1 heterocycles. The van der Waals surface area contributed by atoms with E-state index in [4.69, 9.17) is 0 Å². The minimum atomic E-state index is -3.96. The lowest BCUT2D eigenvalue weighted by Crippen LogP contribution is -2.45. The van der Waals surface area contributed by atoms with Crippen LogP contribution in [0.1, 0.15) is 28.3 Å². The molecule has 2 atom stereocenters. The quantitative estimate of drug-likeness (QED) is 0.331. The molecule has 1 fully saturated rings. The molecule has 1 aliphatic carbocycles. The van der Waals surface area contributed by atoms with Crippen molar-refractivity contribution in [2.75, 3.05) is 38.1 Å². The van der Waals surface area contributed by atoms with Gasteiger partial charge in [-0.1, -0.05) is 48.6 Å². The second kappa shape index (κ2) is 12.4. The van der Waals surface area contributed by atoms with E-state index in [-0.39, 0.29) is 17.7 Å². The number of benzene rings is 3. The van der Waals surface area contributed by atoms with Crippen molar-refractivity contribution < 1.29 is 27.5 Å². The first-order valence-corrected chi connectivity index (χ1v) is 15.2. The molecule has 1 amide bonds. The number of carbonyl (C=O) groups is 2. The lowest BCUT2D eigenvalue weighted by Gasteiger charge is -2.36. The van der Waals surface area contributed by atoms with Crippen LogP contribution in [0, 0.1) is 5.82 Å². The maximum Gasteiger partial charge on any atom is 0.326 e. The number of sulfonamides is 1. The van der Waals surface area contributed by atoms with Gasteiger partial charge < -0.3 is 20.2 Å². The van der Waals surface area contributed by atoms with Gasteiger partial charge in [0.05, 0.1) is 17.4 Å². The molecule has 0 aromatic heterocycles. The molecule has 2 aliphatic rings. The second-order valence-corrected chi connectivity index (χ2v) is 12.3. The summed E-state index contributed by atoms with van der Waals surface area (Å²) in [5.41, 5.74) is 3.77. The van der Waals surface area contributed by atoms with E-state index in [9.17, 15) is 27.5 Å². The number of likely N-dealkylation sites (N-methyl/N-ethyl adjacent to an activating group) is 1. The number of anilines is 1. The molecule has 0 bridgehead atoms. The van der Waals surface area contributed by atoms with Gasteiger partial charge in [0.15, 0.2) is 0 Å². The number of carboxylic acid groups (broad SMARTS) is 1. The third-order valence-electron chi connectivity index (χ3n) is 7.66. The van der Waals surface area contributed by atoms with Crippen LogP contribution in [0.2, 0.25) is 0 Å². The van der Waals surface area contributed by atoms with Crippen molar-refractivity contribution >= 4 is 33.7 Å². The van der Waals surface area contributed by atoms with E-state index in [0.717, 1.165) is 55.1 Å². The summed E-state index contributed by atoms with van der Waals surface area (Å²) >= 11 is 0. The summed E-state index contributed by atoms with van der Waals surface area (Å²) in [5.74, 6) is -2.10.